The first-order valence-electron chi connectivity index (χ1n) is 7.90. The highest BCUT2D eigenvalue weighted by Crippen LogP contribution is 2.22. The lowest BCUT2D eigenvalue weighted by Gasteiger charge is -2.10. The maximum atomic E-state index is 12.3. The third-order valence-electron chi connectivity index (χ3n) is 3.69. The van der Waals surface area contributed by atoms with Gasteiger partial charge < -0.3 is 10.6 Å². The van der Waals surface area contributed by atoms with Gasteiger partial charge in [0.25, 0.3) is 5.91 Å². The van der Waals surface area contributed by atoms with Crippen LogP contribution in [0.2, 0.25) is 10.0 Å². The van der Waals surface area contributed by atoms with Gasteiger partial charge in [0, 0.05) is 28.5 Å². The predicted octanol–water partition coefficient (Wildman–Crippen LogP) is 4.77. The lowest BCUT2D eigenvalue weighted by atomic mass is 10.2. The maximum absolute atomic E-state index is 12.3. The molecule has 132 valence electrons. The molecule has 2 aromatic carbocycles. The summed E-state index contributed by atoms with van der Waals surface area (Å²) in [6.45, 7) is 2.32. The molecule has 26 heavy (non-hydrogen) atoms. The van der Waals surface area contributed by atoms with Crippen molar-refractivity contribution < 1.29 is 4.79 Å². The number of aromatic nitrogens is 2. The Kier molecular flexibility index (Phi) is 5.71. The topological polar surface area (TPSA) is 66.9 Å². The summed E-state index contributed by atoms with van der Waals surface area (Å²) in [5.41, 5.74) is 3.02. The van der Waals surface area contributed by atoms with Crippen molar-refractivity contribution in [1.29, 1.82) is 0 Å². The number of anilines is 2. The Morgan fingerprint density at radius 3 is 2.50 bits per heavy atom. The minimum absolute atomic E-state index is 0.279. The molecule has 0 aliphatic heterocycles. The van der Waals surface area contributed by atoms with E-state index in [0.29, 0.717) is 22.5 Å². The smallest absolute Gasteiger partial charge is 0.270 e. The molecule has 0 aliphatic rings. The van der Waals surface area contributed by atoms with Crippen molar-refractivity contribution in [1.82, 2.24) is 15.3 Å². The molecule has 0 unspecified atom stereocenters. The summed E-state index contributed by atoms with van der Waals surface area (Å²) in [6.07, 6.45) is 1.54. The molecule has 0 aliphatic carbocycles. The number of aryl methyl sites for hydroxylation is 1. The zero-order valence-corrected chi connectivity index (χ0v) is 15.5. The van der Waals surface area contributed by atoms with Gasteiger partial charge in [-0.25, -0.2) is 9.97 Å². The van der Waals surface area contributed by atoms with E-state index in [-0.39, 0.29) is 11.6 Å². The highest BCUT2D eigenvalue weighted by Gasteiger charge is 2.09. The van der Waals surface area contributed by atoms with Crippen LogP contribution in [0.4, 0.5) is 11.6 Å². The van der Waals surface area contributed by atoms with Crippen LogP contribution in [0, 0.1) is 6.92 Å². The number of carbonyl (C=O) groups excluding carboxylic acids is 1. The first-order valence-corrected chi connectivity index (χ1v) is 8.66. The molecule has 2 N–H and O–H groups in total. The minimum Gasteiger partial charge on any atom is -0.347 e. The van der Waals surface area contributed by atoms with Crippen molar-refractivity contribution in [3.63, 3.8) is 0 Å². The van der Waals surface area contributed by atoms with Crippen molar-refractivity contribution in [2.75, 3.05) is 5.32 Å². The largest absolute Gasteiger partial charge is 0.347 e. The SMILES string of the molecule is Cc1cc(Cl)ccc1Nc1nccc(C(=O)NCc2ccc(Cl)cc2)n1. The van der Waals surface area contributed by atoms with Crippen molar-refractivity contribution in [3.05, 3.63) is 81.6 Å². The molecule has 5 nitrogen and oxygen atoms in total. The first-order chi connectivity index (χ1) is 12.5. The number of rotatable bonds is 5. The van der Waals surface area contributed by atoms with Gasteiger partial charge in [0.2, 0.25) is 5.95 Å². The average molecular weight is 387 g/mol. The van der Waals surface area contributed by atoms with Crippen molar-refractivity contribution >= 4 is 40.7 Å². The van der Waals surface area contributed by atoms with Crippen LogP contribution in [-0.4, -0.2) is 15.9 Å². The average Bonchev–Trinajstić information content (AvgIpc) is 2.63. The Labute approximate surface area is 161 Å². The summed E-state index contributed by atoms with van der Waals surface area (Å²) in [4.78, 5) is 20.8. The summed E-state index contributed by atoms with van der Waals surface area (Å²) in [5, 5.41) is 7.24. The van der Waals surface area contributed by atoms with E-state index in [1.807, 2.05) is 31.2 Å². The highest BCUT2D eigenvalue weighted by molar-refractivity contribution is 6.30. The first kappa shape index (κ1) is 18.2. The normalized spacial score (nSPS) is 10.4. The van der Waals surface area contributed by atoms with Crippen LogP contribution in [0.25, 0.3) is 0 Å². The predicted molar refractivity (Wildman–Crippen MR) is 104 cm³/mol. The second-order valence-electron chi connectivity index (χ2n) is 5.66. The second-order valence-corrected chi connectivity index (χ2v) is 6.53. The van der Waals surface area contributed by atoms with Gasteiger partial charge in [-0.1, -0.05) is 35.3 Å². The van der Waals surface area contributed by atoms with Crippen LogP contribution < -0.4 is 10.6 Å². The van der Waals surface area contributed by atoms with Crippen LogP contribution in [0.1, 0.15) is 21.6 Å². The highest BCUT2D eigenvalue weighted by atomic mass is 35.5. The molecule has 0 spiro atoms. The van der Waals surface area contributed by atoms with Gasteiger partial charge in [-0.2, -0.15) is 0 Å². The summed E-state index contributed by atoms with van der Waals surface area (Å²) in [5.74, 6) is 0.0628. The second kappa shape index (κ2) is 8.17. The number of hydrogen-bond donors (Lipinski definition) is 2. The molecule has 0 radical (unpaired) electrons. The molecule has 0 bridgehead atoms. The van der Waals surface area contributed by atoms with Crippen molar-refractivity contribution in [2.24, 2.45) is 0 Å². The van der Waals surface area contributed by atoms with E-state index in [0.717, 1.165) is 16.8 Å². The lowest BCUT2D eigenvalue weighted by Crippen LogP contribution is -2.24. The van der Waals surface area contributed by atoms with Crippen molar-refractivity contribution in [3.8, 4) is 0 Å². The van der Waals surface area contributed by atoms with E-state index in [2.05, 4.69) is 20.6 Å². The fourth-order valence-electron chi connectivity index (χ4n) is 2.31. The minimum atomic E-state index is -0.279. The van der Waals surface area contributed by atoms with E-state index in [9.17, 15) is 4.79 Å². The van der Waals surface area contributed by atoms with Gasteiger partial charge in [-0.3, -0.25) is 4.79 Å². The Morgan fingerprint density at radius 2 is 1.77 bits per heavy atom. The molecule has 3 rings (SSSR count). The van der Waals surface area contributed by atoms with Crippen LogP contribution in [0.5, 0.6) is 0 Å². The molecule has 3 aromatic rings. The maximum Gasteiger partial charge on any atom is 0.270 e. The Morgan fingerprint density at radius 1 is 1.04 bits per heavy atom. The van der Waals surface area contributed by atoms with E-state index in [1.54, 1.807) is 24.3 Å². The summed E-state index contributed by atoms with van der Waals surface area (Å²) in [6, 6.07) is 14.3. The van der Waals surface area contributed by atoms with E-state index in [1.165, 1.54) is 6.20 Å². The number of amides is 1. The number of nitrogens with one attached hydrogen (secondary N) is 2. The number of halogens is 2. The zero-order chi connectivity index (χ0) is 18.5. The Balaban J connectivity index is 1.68. The third-order valence-corrected chi connectivity index (χ3v) is 4.18. The molecule has 0 atom stereocenters. The van der Waals surface area contributed by atoms with Crippen molar-refractivity contribution in [2.45, 2.75) is 13.5 Å². The molecule has 0 saturated heterocycles. The summed E-state index contributed by atoms with van der Waals surface area (Å²) < 4.78 is 0. The van der Waals surface area contributed by atoms with Gasteiger partial charge in [0.05, 0.1) is 0 Å². The number of hydrogen-bond acceptors (Lipinski definition) is 4. The molecule has 0 saturated carbocycles. The van der Waals surface area contributed by atoms with E-state index >= 15 is 0 Å². The molecule has 1 heterocycles. The molecule has 1 amide bonds. The zero-order valence-electron chi connectivity index (χ0n) is 14.0. The molecular weight excluding hydrogens is 371 g/mol. The monoisotopic (exact) mass is 386 g/mol. The molecule has 1 aromatic heterocycles. The third kappa shape index (κ3) is 4.71. The number of benzene rings is 2. The lowest BCUT2D eigenvalue weighted by molar-refractivity contribution is 0.0946. The van der Waals surface area contributed by atoms with Gasteiger partial charge in [0.15, 0.2) is 0 Å². The molecular formula is C19H16Cl2N4O. The van der Waals surface area contributed by atoms with E-state index in [4.69, 9.17) is 23.2 Å². The number of carbonyl (C=O) groups is 1. The summed E-state index contributed by atoms with van der Waals surface area (Å²) in [7, 11) is 0. The standard InChI is InChI=1S/C19H16Cl2N4O/c1-12-10-15(21)6-7-16(12)24-19-22-9-8-17(25-19)18(26)23-11-13-2-4-14(20)5-3-13/h2-10H,11H2,1H3,(H,23,26)(H,22,24,25). The Hall–Kier alpha value is -2.63. The van der Waals surface area contributed by atoms with Crippen LogP contribution in [0.15, 0.2) is 54.7 Å². The fraction of sp³-hybridized carbons (Fsp3) is 0.105. The summed E-state index contributed by atoms with van der Waals surface area (Å²) >= 11 is 11.8. The van der Waals surface area contributed by atoms with Gasteiger partial charge in [0.1, 0.15) is 5.69 Å². The van der Waals surface area contributed by atoms with E-state index < -0.39 is 0 Å². The van der Waals surface area contributed by atoms with Gasteiger partial charge in [-0.15, -0.1) is 0 Å². The molecule has 7 heteroatoms. The number of nitrogens with zero attached hydrogens (tertiary/aromatic N) is 2. The Bertz CT molecular complexity index is 929. The van der Waals surface area contributed by atoms with Gasteiger partial charge >= 0.3 is 0 Å². The van der Waals surface area contributed by atoms with Crippen LogP contribution in [0.3, 0.4) is 0 Å². The molecule has 0 fully saturated rings. The van der Waals surface area contributed by atoms with Crippen LogP contribution >= 0.6 is 23.2 Å². The quantitative estimate of drug-likeness (QED) is 0.662. The van der Waals surface area contributed by atoms with Crippen LogP contribution in [-0.2, 0) is 6.54 Å². The van der Waals surface area contributed by atoms with Gasteiger partial charge in [-0.05, 0) is 54.4 Å². The fourth-order valence-corrected chi connectivity index (χ4v) is 2.66.